The van der Waals surface area contributed by atoms with Crippen LogP contribution in [0, 0.1) is 0 Å². The first-order valence-corrected chi connectivity index (χ1v) is 9.83. The summed E-state index contributed by atoms with van der Waals surface area (Å²) in [6.07, 6.45) is 1.24. The molecule has 0 atom stereocenters. The van der Waals surface area contributed by atoms with E-state index in [1.165, 1.54) is 12.1 Å². The second-order valence-corrected chi connectivity index (χ2v) is 6.00. The van der Waals surface area contributed by atoms with Crippen molar-refractivity contribution in [3.63, 3.8) is 0 Å². The SMILES string of the molecule is O=Cc1ccccc1O.O=Cc1ccccc1O.[Cl][Ti][Cl]. The molecule has 2 aromatic rings. The van der Waals surface area contributed by atoms with Gasteiger partial charge in [-0.2, -0.15) is 0 Å². The fraction of sp³-hybridized carbons (Fsp3) is 0. The predicted molar refractivity (Wildman–Crippen MR) is 78.7 cm³/mol. The van der Waals surface area contributed by atoms with Crippen molar-refractivity contribution in [1.29, 1.82) is 0 Å². The summed E-state index contributed by atoms with van der Waals surface area (Å²) >= 11 is -0.556. The third-order valence-corrected chi connectivity index (χ3v) is 2.13. The molecule has 2 aromatic carbocycles. The van der Waals surface area contributed by atoms with E-state index in [1.54, 1.807) is 36.4 Å². The van der Waals surface area contributed by atoms with Crippen LogP contribution in [0.1, 0.15) is 20.7 Å². The number of hydrogen-bond acceptors (Lipinski definition) is 4. The van der Waals surface area contributed by atoms with E-state index in [2.05, 4.69) is 0 Å². The molecule has 0 aromatic heterocycles. The second-order valence-electron chi connectivity index (χ2n) is 3.42. The Labute approximate surface area is 139 Å². The van der Waals surface area contributed by atoms with Crippen LogP contribution < -0.4 is 0 Å². The van der Waals surface area contributed by atoms with E-state index in [-0.39, 0.29) is 11.5 Å². The van der Waals surface area contributed by atoms with Crippen molar-refractivity contribution in [3.8, 4) is 11.5 Å². The zero-order valence-corrected chi connectivity index (χ0v) is 13.8. The molecule has 0 saturated heterocycles. The Hall–Kier alpha value is -1.33. The van der Waals surface area contributed by atoms with E-state index in [0.29, 0.717) is 23.7 Å². The normalized spacial score (nSPS) is 8.29. The standard InChI is InChI=1S/2C7H6O2.2ClH.Ti/c2*8-5-6-3-1-2-4-7(6)9;;;/h2*1-5,9H;2*1H;/q;;;;+2/p-2. The van der Waals surface area contributed by atoms with E-state index in [4.69, 9.17) is 28.8 Å². The molecule has 0 bridgehead atoms. The van der Waals surface area contributed by atoms with E-state index in [9.17, 15) is 9.59 Å². The summed E-state index contributed by atoms with van der Waals surface area (Å²) in [4.78, 5) is 20.1. The topological polar surface area (TPSA) is 74.6 Å². The molecule has 0 aliphatic heterocycles. The van der Waals surface area contributed by atoms with Gasteiger partial charge in [0, 0.05) is 0 Å². The van der Waals surface area contributed by atoms with Crippen molar-refractivity contribution in [3.05, 3.63) is 59.7 Å². The van der Waals surface area contributed by atoms with Crippen LogP contribution in [-0.2, 0) is 17.0 Å². The number of aromatic hydroxyl groups is 2. The summed E-state index contributed by atoms with van der Waals surface area (Å²) in [5, 5.41) is 17.8. The van der Waals surface area contributed by atoms with Gasteiger partial charge in [-0.05, 0) is 24.3 Å². The van der Waals surface area contributed by atoms with Gasteiger partial charge in [-0.15, -0.1) is 0 Å². The van der Waals surface area contributed by atoms with E-state index in [1.807, 2.05) is 0 Å². The minimum absolute atomic E-state index is 0.0347. The molecule has 21 heavy (non-hydrogen) atoms. The molecular formula is C14H12Cl2O4Ti. The number of phenolic OH excluding ortho intramolecular Hbond substituents is 2. The number of benzene rings is 2. The maximum atomic E-state index is 10.1. The molecule has 0 radical (unpaired) electrons. The van der Waals surface area contributed by atoms with Gasteiger partial charge in [-0.25, -0.2) is 0 Å². The number of carbonyl (C=O) groups excluding carboxylic acids is 2. The van der Waals surface area contributed by atoms with Crippen LogP contribution in [0.4, 0.5) is 0 Å². The molecule has 2 rings (SSSR count). The van der Waals surface area contributed by atoms with Gasteiger partial charge in [0.2, 0.25) is 0 Å². The van der Waals surface area contributed by atoms with E-state index >= 15 is 0 Å². The average Bonchev–Trinajstić information content (AvgIpc) is 2.50. The fourth-order valence-corrected chi connectivity index (χ4v) is 1.17. The van der Waals surface area contributed by atoms with Gasteiger partial charge in [-0.3, -0.25) is 9.59 Å². The van der Waals surface area contributed by atoms with E-state index < -0.39 is 17.0 Å². The van der Waals surface area contributed by atoms with Gasteiger partial charge in [0.25, 0.3) is 0 Å². The van der Waals surface area contributed by atoms with Gasteiger partial charge in [0.1, 0.15) is 11.5 Å². The number of hydrogen-bond donors (Lipinski definition) is 2. The number of phenols is 2. The molecule has 7 heteroatoms. The number of carbonyl (C=O) groups is 2. The van der Waals surface area contributed by atoms with Crippen molar-refractivity contribution in [2.24, 2.45) is 0 Å². The van der Waals surface area contributed by atoms with Crippen molar-refractivity contribution in [2.45, 2.75) is 0 Å². The quantitative estimate of drug-likeness (QED) is 0.629. The number of halogens is 2. The Morgan fingerprint density at radius 2 is 1.05 bits per heavy atom. The van der Waals surface area contributed by atoms with Gasteiger partial charge < -0.3 is 10.2 Å². The van der Waals surface area contributed by atoms with Gasteiger partial charge in [-0.1, -0.05) is 24.3 Å². The molecule has 0 aliphatic carbocycles. The zero-order valence-electron chi connectivity index (χ0n) is 10.7. The third-order valence-electron chi connectivity index (χ3n) is 2.13. The maximum absolute atomic E-state index is 10.1. The zero-order chi connectivity index (χ0) is 16.1. The fourth-order valence-electron chi connectivity index (χ4n) is 1.17. The van der Waals surface area contributed by atoms with Crippen molar-refractivity contribution in [1.82, 2.24) is 0 Å². The Bertz CT molecular complexity index is 515. The first-order chi connectivity index (χ1) is 10.1. The summed E-state index contributed by atoms with van der Waals surface area (Å²) in [5.41, 5.74) is 0.662. The Kier molecular flexibility index (Phi) is 11.6. The number of para-hydroxylation sites is 2. The van der Waals surface area contributed by atoms with Crippen molar-refractivity contribution >= 4 is 31.2 Å². The van der Waals surface area contributed by atoms with Crippen LogP contribution >= 0.6 is 18.6 Å². The monoisotopic (exact) mass is 362 g/mol. The Morgan fingerprint density at radius 1 is 0.762 bits per heavy atom. The Morgan fingerprint density at radius 3 is 1.24 bits per heavy atom. The van der Waals surface area contributed by atoms with Crippen molar-refractivity contribution in [2.75, 3.05) is 0 Å². The van der Waals surface area contributed by atoms with Crippen LogP contribution in [-0.4, -0.2) is 22.8 Å². The van der Waals surface area contributed by atoms with Crippen LogP contribution in [0.2, 0.25) is 0 Å². The molecule has 0 fully saturated rings. The summed E-state index contributed by atoms with van der Waals surface area (Å²) in [5.74, 6) is 0.0694. The number of rotatable bonds is 2. The second kappa shape index (κ2) is 12.4. The molecule has 0 aliphatic rings. The molecule has 110 valence electrons. The summed E-state index contributed by atoms with van der Waals surface area (Å²) < 4.78 is 0. The van der Waals surface area contributed by atoms with Gasteiger partial charge in [0.05, 0.1) is 11.1 Å². The Balaban J connectivity index is 0.000000322. The molecule has 0 heterocycles. The first-order valence-electron chi connectivity index (χ1n) is 5.53. The molecular weight excluding hydrogens is 351 g/mol. The summed E-state index contributed by atoms with van der Waals surface area (Å²) in [6.45, 7) is 0. The van der Waals surface area contributed by atoms with Crippen molar-refractivity contribution < 1.29 is 36.8 Å². The van der Waals surface area contributed by atoms with Crippen LogP contribution in [0.3, 0.4) is 0 Å². The average molecular weight is 363 g/mol. The van der Waals surface area contributed by atoms with Crippen LogP contribution in [0.15, 0.2) is 48.5 Å². The summed E-state index contributed by atoms with van der Waals surface area (Å²) in [7, 11) is 9.78. The molecule has 2 N–H and O–H groups in total. The number of aldehydes is 2. The molecule has 0 amide bonds. The third kappa shape index (κ3) is 8.53. The molecule has 0 unspecified atom stereocenters. The van der Waals surface area contributed by atoms with Crippen LogP contribution in [0.5, 0.6) is 11.5 Å². The van der Waals surface area contributed by atoms with Gasteiger partial charge >= 0.3 is 35.6 Å². The van der Waals surface area contributed by atoms with E-state index in [0.717, 1.165) is 0 Å². The summed E-state index contributed by atoms with van der Waals surface area (Å²) in [6, 6.07) is 12.8. The molecule has 4 nitrogen and oxygen atoms in total. The molecule has 0 spiro atoms. The minimum atomic E-state index is -0.556. The van der Waals surface area contributed by atoms with Crippen LogP contribution in [0.25, 0.3) is 0 Å². The predicted octanol–water partition coefficient (Wildman–Crippen LogP) is 3.79. The van der Waals surface area contributed by atoms with Gasteiger partial charge in [0.15, 0.2) is 12.6 Å². The first kappa shape index (κ1) is 19.7. The molecule has 0 saturated carbocycles.